The van der Waals surface area contributed by atoms with Gasteiger partial charge in [-0.25, -0.2) is 0 Å². The van der Waals surface area contributed by atoms with Gasteiger partial charge in [0.25, 0.3) is 0 Å². The third kappa shape index (κ3) is 5.33. The van der Waals surface area contributed by atoms with Crippen molar-refractivity contribution in [3.8, 4) is 0 Å². The second-order valence-corrected chi connectivity index (χ2v) is 7.15. The van der Waals surface area contributed by atoms with Crippen molar-refractivity contribution in [2.75, 3.05) is 24.0 Å². The van der Waals surface area contributed by atoms with Gasteiger partial charge in [0, 0.05) is 54.6 Å². The molecule has 1 heterocycles. The highest BCUT2D eigenvalue weighted by molar-refractivity contribution is 7.98. The fourth-order valence-corrected chi connectivity index (χ4v) is 3.00. The van der Waals surface area contributed by atoms with Gasteiger partial charge in [0.2, 0.25) is 0 Å². The molecular formula is C16H29N3S. The number of pyridine rings is 1. The van der Waals surface area contributed by atoms with Crippen LogP contribution in [0.1, 0.15) is 39.7 Å². The number of aromatic nitrogens is 1. The second-order valence-electron chi connectivity index (χ2n) is 6.24. The Labute approximate surface area is 128 Å². The first kappa shape index (κ1) is 17.3. The lowest BCUT2D eigenvalue weighted by Crippen LogP contribution is -2.37. The van der Waals surface area contributed by atoms with Crippen LogP contribution >= 0.6 is 11.8 Å². The van der Waals surface area contributed by atoms with E-state index in [1.807, 2.05) is 24.2 Å². The normalized spacial score (nSPS) is 13.3. The maximum atomic E-state index is 4.29. The van der Waals surface area contributed by atoms with E-state index in [0.29, 0.717) is 6.04 Å². The molecule has 0 saturated heterocycles. The van der Waals surface area contributed by atoms with Crippen LogP contribution in [0.15, 0.2) is 18.5 Å². The van der Waals surface area contributed by atoms with Gasteiger partial charge in [-0.2, -0.15) is 11.8 Å². The standard InChI is InChI=1S/C16H29N3S/c1-7-14(12-20-6)19(5)15-8-9-17-10-13(15)11-18-16(2,3)4/h8-10,14,18H,7,11-12H2,1-6H3. The lowest BCUT2D eigenvalue weighted by Gasteiger charge is -2.31. The molecule has 1 unspecified atom stereocenters. The average Bonchev–Trinajstić information content (AvgIpc) is 2.41. The Bertz CT molecular complexity index is 401. The number of thioether (sulfide) groups is 1. The molecule has 1 N–H and O–H groups in total. The lowest BCUT2D eigenvalue weighted by atomic mass is 10.1. The minimum absolute atomic E-state index is 0.120. The van der Waals surface area contributed by atoms with Crippen LogP contribution in [-0.4, -0.2) is 35.6 Å². The Morgan fingerprint density at radius 2 is 2.10 bits per heavy atom. The van der Waals surface area contributed by atoms with Crippen LogP contribution in [0.5, 0.6) is 0 Å². The Hall–Kier alpha value is -0.740. The molecule has 0 bridgehead atoms. The zero-order valence-corrected chi connectivity index (χ0v) is 14.5. The number of nitrogens with one attached hydrogen (secondary N) is 1. The Morgan fingerprint density at radius 1 is 1.40 bits per heavy atom. The number of hydrogen-bond donors (Lipinski definition) is 1. The van der Waals surface area contributed by atoms with E-state index in [-0.39, 0.29) is 5.54 Å². The Morgan fingerprint density at radius 3 is 2.65 bits per heavy atom. The van der Waals surface area contributed by atoms with E-state index in [2.05, 4.69) is 62.3 Å². The third-order valence-electron chi connectivity index (χ3n) is 3.45. The van der Waals surface area contributed by atoms with Gasteiger partial charge in [-0.05, 0) is 39.5 Å². The summed E-state index contributed by atoms with van der Waals surface area (Å²) in [5.41, 5.74) is 2.68. The van der Waals surface area contributed by atoms with E-state index in [4.69, 9.17) is 0 Å². The van der Waals surface area contributed by atoms with Crippen LogP contribution in [0, 0.1) is 0 Å². The van der Waals surface area contributed by atoms with Crippen molar-refractivity contribution in [1.82, 2.24) is 10.3 Å². The molecule has 4 heteroatoms. The molecule has 0 aliphatic carbocycles. The molecule has 1 rings (SSSR count). The molecule has 0 aliphatic heterocycles. The Balaban J connectivity index is 2.88. The quantitative estimate of drug-likeness (QED) is 0.832. The topological polar surface area (TPSA) is 28.2 Å². The van der Waals surface area contributed by atoms with Crippen LogP contribution in [0.4, 0.5) is 5.69 Å². The molecule has 0 aliphatic rings. The monoisotopic (exact) mass is 295 g/mol. The van der Waals surface area contributed by atoms with Crippen molar-refractivity contribution in [1.29, 1.82) is 0 Å². The van der Waals surface area contributed by atoms with Gasteiger partial charge >= 0.3 is 0 Å². The number of nitrogens with zero attached hydrogens (tertiary/aromatic N) is 2. The van der Waals surface area contributed by atoms with E-state index < -0.39 is 0 Å². The summed E-state index contributed by atoms with van der Waals surface area (Å²) < 4.78 is 0. The fourth-order valence-electron chi connectivity index (χ4n) is 2.15. The van der Waals surface area contributed by atoms with E-state index in [1.54, 1.807) is 0 Å². The van der Waals surface area contributed by atoms with Gasteiger partial charge in [0.15, 0.2) is 0 Å². The third-order valence-corrected chi connectivity index (χ3v) is 4.16. The zero-order chi connectivity index (χ0) is 15.2. The van der Waals surface area contributed by atoms with Crippen LogP contribution < -0.4 is 10.2 Å². The molecule has 0 spiro atoms. The minimum atomic E-state index is 0.120. The largest absolute Gasteiger partial charge is 0.370 e. The molecule has 1 aromatic rings. The predicted molar refractivity (Wildman–Crippen MR) is 91.7 cm³/mol. The first-order chi connectivity index (χ1) is 9.39. The van der Waals surface area contributed by atoms with E-state index in [9.17, 15) is 0 Å². The predicted octanol–water partition coefficient (Wildman–Crippen LogP) is 3.55. The first-order valence-electron chi connectivity index (χ1n) is 7.28. The maximum absolute atomic E-state index is 4.29. The molecule has 20 heavy (non-hydrogen) atoms. The van der Waals surface area contributed by atoms with Gasteiger partial charge in [0.1, 0.15) is 0 Å². The smallest absolute Gasteiger partial charge is 0.0443 e. The molecule has 1 aromatic heterocycles. The minimum Gasteiger partial charge on any atom is -0.370 e. The fraction of sp³-hybridized carbons (Fsp3) is 0.688. The number of anilines is 1. The van der Waals surface area contributed by atoms with Gasteiger partial charge < -0.3 is 10.2 Å². The molecule has 0 aromatic carbocycles. The Kier molecular flexibility index (Phi) is 6.83. The van der Waals surface area contributed by atoms with Crippen molar-refractivity contribution in [2.24, 2.45) is 0 Å². The molecule has 3 nitrogen and oxygen atoms in total. The first-order valence-corrected chi connectivity index (χ1v) is 8.68. The summed E-state index contributed by atoms with van der Waals surface area (Å²) >= 11 is 1.91. The highest BCUT2D eigenvalue weighted by atomic mass is 32.2. The molecule has 1 atom stereocenters. The second kappa shape index (κ2) is 7.89. The van der Waals surface area contributed by atoms with E-state index in [1.165, 1.54) is 11.3 Å². The highest BCUT2D eigenvalue weighted by Gasteiger charge is 2.17. The molecule has 0 saturated carbocycles. The summed E-state index contributed by atoms with van der Waals surface area (Å²) in [4.78, 5) is 6.69. The lowest BCUT2D eigenvalue weighted by molar-refractivity contribution is 0.424. The molecule has 114 valence electrons. The van der Waals surface area contributed by atoms with E-state index >= 15 is 0 Å². The molecule has 0 fully saturated rings. The van der Waals surface area contributed by atoms with Crippen molar-refractivity contribution in [3.63, 3.8) is 0 Å². The van der Waals surface area contributed by atoms with Crippen LogP contribution in [0.3, 0.4) is 0 Å². The van der Waals surface area contributed by atoms with Gasteiger partial charge in [-0.3, -0.25) is 4.98 Å². The summed E-state index contributed by atoms with van der Waals surface area (Å²) in [7, 11) is 2.19. The van der Waals surface area contributed by atoms with Crippen molar-refractivity contribution < 1.29 is 0 Å². The molecule has 0 radical (unpaired) electrons. The van der Waals surface area contributed by atoms with Crippen LogP contribution in [-0.2, 0) is 6.54 Å². The molecular weight excluding hydrogens is 266 g/mol. The van der Waals surface area contributed by atoms with Crippen molar-refractivity contribution in [3.05, 3.63) is 24.0 Å². The van der Waals surface area contributed by atoms with Crippen molar-refractivity contribution in [2.45, 2.75) is 52.2 Å². The molecule has 0 amide bonds. The van der Waals surface area contributed by atoms with Gasteiger partial charge in [-0.1, -0.05) is 6.92 Å². The number of hydrogen-bond acceptors (Lipinski definition) is 4. The van der Waals surface area contributed by atoms with E-state index in [0.717, 1.165) is 18.7 Å². The highest BCUT2D eigenvalue weighted by Crippen LogP contribution is 2.23. The zero-order valence-electron chi connectivity index (χ0n) is 13.7. The maximum Gasteiger partial charge on any atom is 0.0443 e. The van der Waals surface area contributed by atoms with Crippen LogP contribution in [0.2, 0.25) is 0 Å². The van der Waals surface area contributed by atoms with Gasteiger partial charge in [-0.15, -0.1) is 0 Å². The summed E-state index contributed by atoms with van der Waals surface area (Å²) in [6.07, 6.45) is 7.20. The summed E-state index contributed by atoms with van der Waals surface area (Å²) in [5, 5.41) is 3.55. The SMILES string of the molecule is CCC(CSC)N(C)c1ccncc1CNC(C)(C)C. The number of rotatable bonds is 7. The summed E-state index contributed by atoms with van der Waals surface area (Å²) in [6.45, 7) is 9.68. The van der Waals surface area contributed by atoms with Crippen LogP contribution in [0.25, 0.3) is 0 Å². The van der Waals surface area contributed by atoms with Gasteiger partial charge in [0.05, 0.1) is 0 Å². The summed E-state index contributed by atoms with van der Waals surface area (Å²) in [6, 6.07) is 2.70. The average molecular weight is 295 g/mol. The van der Waals surface area contributed by atoms with Crippen molar-refractivity contribution >= 4 is 17.4 Å². The summed E-state index contributed by atoms with van der Waals surface area (Å²) in [5.74, 6) is 1.15.